The molecule has 0 bridgehead atoms. The Bertz CT molecular complexity index is 667. The molecule has 2 rings (SSSR count). The van der Waals surface area contributed by atoms with Gasteiger partial charge in [-0.3, -0.25) is 5.10 Å². The van der Waals surface area contributed by atoms with Gasteiger partial charge in [0.05, 0.1) is 6.54 Å². The molecule has 2 aromatic rings. The van der Waals surface area contributed by atoms with Crippen molar-refractivity contribution in [3.05, 3.63) is 41.5 Å². The quantitative estimate of drug-likeness (QED) is 0.727. The second-order valence-corrected chi connectivity index (χ2v) is 5.97. The van der Waals surface area contributed by atoms with Crippen LogP contribution < -0.4 is 15.5 Å². The highest BCUT2D eigenvalue weighted by Crippen LogP contribution is 2.18. The van der Waals surface area contributed by atoms with Crippen molar-refractivity contribution in [2.24, 2.45) is 0 Å². The summed E-state index contributed by atoms with van der Waals surface area (Å²) in [7, 11) is 2.04. The predicted octanol–water partition coefficient (Wildman–Crippen LogP) is 2.38. The number of carbonyl (C=O) groups excluding carboxylic acids is 1. The van der Waals surface area contributed by atoms with Crippen molar-refractivity contribution in [2.45, 2.75) is 39.8 Å². The number of aromatic amines is 1. The van der Waals surface area contributed by atoms with Crippen molar-refractivity contribution in [3.8, 4) is 0 Å². The Kier molecular flexibility index (Phi) is 6.17. The molecule has 0 spiro atoms. The minimum absolute atomic E-state index is 0.230. The number of urea groups is 1. The fourth-order valence-corrected chi connectivity index (χ4v) is 2.25. The minimum Gasteiger partial charge on any atom is -0.375 e. The molecule has 7 nitrogen and oxygen atoms in total. The van der Waals surface area contributed by atoms with Gasteiger partial charge in [-0.1, -0.05) is 32.0 Å². The van der Waals surface area contributed by atoms with Crippen molar-refractivity contribution in [1.29, 1.82) is 0 Å². The molecule has 0 fully saturated rings. The highest BCUT2D eigenvalue weighted by atomic mass is 16.2. The smallest absolute Gasteiger partial charge is 0.315 e. The summed E-state index contributed by atoms with van der Waals surface area (Å²) in [6, 6.07) is 7.82. The van der Waals surface area contributed by atoms with Gasteiger partial charge >= 0.3 is 6.03 Å². The van der Waals surface area contributed by atoms with E-state index < -0.39 is 0 Å². The monoisotopic (exact) mass is 330 g/mol. The normalized spacial score (nSPS) is 10.7. The number of H-pyrrole nitrogens is 1. The second-order valence-electron chi connectivity index (χ2n) is 5.97. The lowest BCUT2D eigenvalue weighted by Gasteiger charge is -2.20. The van der Waals surface area contributed by atoms with E-state index in [1.165, 1.54) is 0 Å². The van der Waals surface area contributed by atoms with E-state index in [1.54, 1.807) is 0 Å². The van der Waals surface area contributed by atoms with Crippen LogP contribution in [0, 0.1) is 0 Å². The minimum atomic E-state index is -0.230. The summed E-state index contributed by atoms with van der Waals surface area (Å²) in [5, 5.41) is 12.6. The van der Waals surface area contributed by atoms with Gasteiger partial charge in [0, 0.05) is 31.7 Å². The lowest BCUT2D eigenvalue weighted by molar-refractivity contribution is 0.240. The van der Waals surface area contributed by atoms with Crippen LogP contribution in [0.4, 0.5) is 10.5 Å². The summed E-state index contributed by atoms with van der Waals surface area (Å²) in [5.41, 5.74) is 2.20. The fourth-order valence-electron chi connectivity index (χ4n) is 2.25. The van der Waals surface area contributed by atoms with Crippen molar-refractivity contribution < 1.29 is 4.79 Å². The number of rotatable bonds is 7. The van der Waals surface area contributed by atoms with Crippen LogP contribution in [0.25, 0.3) is 0 Å². The standard InChI is InChI=1S/C17H26N6O/c1-5-23(4)14-9-7-6-8-13(14)10-18-17(24)19-11-15-20-16(12(2)3)22-21-15/h6-9,12H,5,10-11H2,1-4H3,(H2,18,19,24)(H,20,21,22). The second kappa shape index (κ2) is 8.33. The number of nitrogens with one attached hydrogen (secondary N) is 3. The molecule has 1 aromatic heterocycles. The van der Waals surface area contributed by atoms with Crippen molar-refractivity contribution in [3.63, 3.8) is 0 Å². The van der Waals surface area contributed by atoms with E-state index in [4.69, 9.17) is 0 Å². The molecule has 1 aromatic carbocycles. The molecule has 2 amide bonds. The first-order chi connectivity index (χ1) is 11.5. The zero-order valence-electron chi connectivity index (χ0n) is 14.8. The van der Waals surface area contributed by atoms with Crippen LogP contribution in [-0.4, -0.2) is 34.8 Å². The van der Waals surface area contributed by atoms with Gasteiger partial charge in [-0.2, -0.15) is 5.10 Å². The van der Waals surface area contributed by atoms with Crippen LogP contribution in [0.2, 0.25) is 0 Å². The highest BCUT2D eigenvalue weighted by Gasteiger charge is 2.09. The van der Waals surface area contributed by atoms with Crippen LogP contribution >= 0.6 is 0 Å². The average Bonchev–Trinajstić information content (AvgIpc) is 3.07. The van der Waals surface area contributed by atoms with Gasteiger partial charge in [0.1, 0.15) is 5.82 Å². The van der Waals surface area contributed by atoms with Crippen LogP contribution in [0.15, 0.2) is 24.3 Å². The largest absolute Gasteiger partial charge is 0.375 e. The zero-order valence-corrected chi connectivity index (χ0v) is 14.8. The topological polar surface area (TPSA) is 85.9 Å². The van der Waals surface area contributed by atoms with Crippen molar-refractivity contribution in [1.82, 2.24) is 25.8 Å². The van der Waals surface area contributed by atoms with E-state index in [0.29, 0.717) is 18.9 Å². The molecule has 0 unspecified atom stereocenters. The Morgan fingerprint density at radius 3 is 2.62 bits per heavy atom. The molecule has 24 heavy (non-hydrogen) atoms. The predicted molar refractivity (Wildman–Crippen MR) is 94.9 cm³/mol. The Balaban J connectivity index is 1.85. The van der Waals surface area contributed by atoms with Gasteiger partial charge in [-0.15, -0.1) is 0 Å². The number of nitrogens with zero attached hydrogens (tertiary/aromatic N) is 3. The zero-order chi connectivity index (χ0) is 17.5. The first-order valence-electron chi connectivity index (χ1n) is 8.23. The number of hydrogen-bond donors (Lipinski definition) is 3. The Morgan fingerprint density at radius 1 is 1.25 bits per heavy atom. The first-order valence-corrected chi connectivity index (χ1v) is 8.23. The summed E-state index contributed by atoms with van der Waals surface area (Å²) < 4.78 is 0. The summed E-state index contributed by atoms with van der Waals surface area (Å²) in [6.07, 6.45) is 0. The highest BCUT2D eigenvalue weighted by molar-refractivity contribution is 5.74. The summed E-state index contributed by atoms with van der Waals surface area (Å²) in [4.78, 5) is 18.5. The Morgan fingerprint density at radius 2 is 1.96 bits per heavy atom. The van der Waals surface area contributed by atoms with Gasteiger partial charge in [-0.05, 0) is 18.6 Å². The number of para-hydroxylation sites is 1. The number of carbonyl (C=O) groups is 1. The van der Waals surface area contributed by atoms with Crippen molar-refractivity contribution in [2.75, 3.05) is 18.5 Å². The van der Waals surface area contributed by atoms with Crippen LogP contribution in [0.1, 0.15) is 43.9 Å². The molecule has 0 aliphatic rings. The molecule has 130 valence electrons. The van der Waals surface area contributed by atoms with Crippen molar-refractivity contribution >= 4 is 11.7 Å². The first kappa shape index (κ1) is 17.8. The molecular formula is C17H26N6O. The summed E-state index contributed by atoms with van der Waals surface area (Å²) in [5.74, 6) is 1.67. The molecule has 0 atom stereocenters. The van der Waals surface area contributed by atoms with Gasteiger partial charge in [0.2, 0.25) is 0 Å². The Labute approximate surface area is 142 Å². The lowest BCUT2D eigenvalue weighted by atomic mass is 10.1. The maximum Gasteiger partial charge on any atom is 0.315 e. The number of hydrogen-bond acceptors (Lipinski definition) is 4. The maximum atomic E-state index is 12.0. The summed E-state index contributed by atoms with van der Waals surface area (Å²) >= 11 is 0. The van der Waals surface area contributed by atoms with Crippen LogP contribution in [0.3, 0.4) is 0 Å². The van der Waals surface area contributed by atoms with Gasteiger partial charge in [0.15, 0.2) is 5.82 Å². The van der Waals surface area contributed by atoms with Gasteiger partial charge < -0.3 is 15.5 Å². The van der Waals surface area contributed by atoms with E-state index in [-0.39, 0.29) is 11.9 Å². The molecule has 0 radical (unpaired) electrons. The SMILES string of the molecule is CCN(C)c1ccccc1CNC(=O)NCc1nc(C(C)C)n[nH]1. The third-order valence-electron chi connectivity index (χ3n) is 3.80. The third kappa shape index (κ3) is 4.71. The van der Waals surface area contributed by atoms with E-state index >= 15 is 0 Å². The maximum absolute atomic E-state index is 12.0. The van der Waals surface area contributed by atoms with E-state index in [9.17, 15) is 4.79 Å². The molecule has 3 N–H and O–H groups in total. The van der Waals surface area contributed by atoms with E-state index in [1.807, 2.05) is 39.1 Å². The fraction of sp³-hybridized carbons (Fsp3) is 0.471. The van der Waals surface area contributed by atoms with Gasteiger partial charge in [-0.25, -0.2) is 9.78 Å². The number of benzene rings is 1. The van der Waals surface area contributed by atoms with Gasteiger partial charge in [0.25, 0.3) is 0 Å². The molecule has 7 heteroatoms. The van der Waals surface area contributed by atoms with E-state index in [2.05, 4.69) is 43.7 Å². The molecule has 0 saturated heterocycles. The number of aromatic nitrogens is 3. The van der Waals surface area contributed by atoms with E-state index in [0.717, 1.165) is 23.6 Å². The lowest BCUT2D eigenvalue weighted by Crippen LogP contribution is -2.35. The van der Waals surface area contributed by atoms with Crippen LogP contribution in [-0.2, 0) is 13.1 Å². The molecule has 1 heterocycles. The Hall–Kier alpha value is -2.57. The molecular weight excluding hydrogens is 304 g/mol. The summed E-state index contributed by atoms with van der Waals surface area (Å²) in [6.45, 7) is 7.85. The average molecular weight is 330 g/mol. The van der Waals surface area contributed by atoms with Crippen LogP contribution in [0.5, 0.6) is 0 Å². The molecule has 0 saturated carbocycles. The number of amides is 2. The number of anilines is 1. The third-order valence-corrected chi connectivity index (χ3v) is 3.80. The molecule has 0 aliphatic carbocycles. The molecule has 0 aliphatic heterocycles.